The number of carbonyl (C=O) groups is 1. The average Bonchev–Trinajstić information content (AvgIpc) is 2.09. The standard InChI is InChI=1S/C9H15Cl2NO/c10-6-5-9(13)12-8-4-2-1-3-7(8)11/h7-8H,1-6H2,(H,12,13)/t7-,8-/m0/s1. The topological polar surface area (TPSA) is 29.1 Å². The maximum atomic E-state index is 11.2. The minimum atomic E-state index is 0.0209. The van der Waals surface area contributed by atoms with Gasteiger partial charge in [0.25, 0.3) is 0 Å². The van der Waals surface area contributed by atoms with Gasteiger partial charge in [0.15, 0.2) is 0 Å². The van der Waals surface area contributed by atoms with Gasteiger partial charge < -0.3 is 5.32 Å². The first-order valence-corrected chi connectivity index (χ1v) is 5.70. The molecule has 1 N–H and O–H groups in total. The molecule has 76 valence electrons. The number of rotatable bonds is 3. The van der Waals surface area contributed by atoms with Crippen molar-refractivity contribution in [3.8, 4) is 0 Å². The van der Waals surface area contributed by atoms with Crippen LogP contribution in [0.4, 0.5) is 0 Å². The lowest BCUT2D eigenvalue weighted by Crippen LogP contribution is -2.42. The van der Waals surface area contributed by atoms with Crippen LogP contribution in [0.1, 0.15) is 32.1 Å². The molecule has 0 aromatic heterocycles. The molecule has 0 aliphatic heterocycles. The average molecular weight is 224 g/mol. The van der Waals surface area contributed by atoms with Crippen LogP contribution in [0.15, 0.2) is 0 Å². The summed E-state index contributed by atoms with van der Waals surface area (Å²) < 4.78 is 0. The first-order chi connectivity index (χ1) is 6.24. The summed E-state index contributed by atoms with van der Waals surface area (Å²) in [6, 6.07) is 0.158. The van der Waals surface area contributed by atoms with E-state index < -0.39 is 0 Å². The Bertz CT molecular complexity index is 175. The second kappa shape index (κ2) is 5.71. The molecule has 1 aliphatic rings. The predicted molar refractivity (Wildman–Crippen MR) is 55.4 cm³/mol. The van der Waals surface area contributed by atoms with E-state index in [1.807, 2.05) is 0 Å². The van der Waals surface area contributed by atoms with Gasteiger partial charge in [0.2, 0.25) is 5.91 Å². The van der Waals surface area contributed by atoms with Gasteiger partial charge in [-0.15, -0.1) is 23.2 Å². The zero-order valence-electron chi connectivity index (χ0n) is 7.56. The van der Waals surface area contributed by atoms with E-state index in [1.54, 1.807) is 0 Å². The largest absolute Gasteiger partial charge is 0.352 e. The van der Waals surface area contributed by atoms with Crippen molar-refractivity contribution in [2.75, 3.05) is 5.88 Å². The molecule has 0 aromatic rings. The lowest BCUT2D eigenvalue weighted by atomic mass is 9.95. The molecule has 0 heterocycles. The zero-order chi connectivity index (χ0) is 9.68. The number of nitrogens with one attached hydrogen (secondary N) is 1. The molecule has 0 spiro atoms. The van der Waals surface area contributed by atoms with Crippen LogP contribution in [0, 0.1) is 0 Å². The van der Waals surface area contributed by atoms with Crippen molar-refractivity contribution < 1.29 is 4.79 Å². The highest BCUT2D eigenvalue weighted by Crippen LogP contribution is 2.22. The highest BCUT2D eigenvalue weighted by atomic mass is 35.5. The molecule has 0 saturated heterocycles. The molecule has 2 nitrogen and oxygen atoms in total. The van der Waals surface area contributed by atoms with E-state index in [9.17, 15) is 4.79 Å². The van der Waals surface area contributed by atoms with Gasteiger partial charge in [-0.25, -0.2) is 0 Å². The molecule has 0 radical (unpaired) electrons. The Labute approximate surface area is 89.0 Å². The molecule has 13 heavy (non-hydrogen) atoms. The van der Waals surface area contributed by atoms with Crippen LogP contribution in [-0.2, 0) is 4.79 Å². The van der Waals surface area contributed by atoms with Crippen molar-refractivity contribution in [2.45, 2.75) is 43.5 Å². The van der Waals surface area contributed by atoms with Gasteiger partial charge in [-0.3, -0.25) is 4.79 Å². The summed E-state index contributed by atoms with van der Waals surface area (Å²) in [5.74, 6) is 0.401. The molecule has 1 saturated carbocycles. The van der Waals surface area contributed by atoms with Gasteiger partial charge >= 0.3 is 0 Å². The third kappa shape index (κ3) is 3.74. The summed E-state index contributed by atoms with van der Waals surface area (Å²) in [5, 5.41) is 3.02. The van der Waals surface area contributed by atoms with E-state index in [0.29, 0.717) is 12.3 Å². The summed E-state index contributed by atoms with van der Waals surface area (Å²) in [5.41, 5.74) is 0. The van der Waals surface area contributed by atoms with Crippen LogP contribution in [0.2, 0.25) is 0 Å². The summed E-state index contributed by atoms with van der Waals surface area (Å²) in [6.45, 7) is 0. The van der Waals surface area contributed by atoms with Crippen LogP contribution >= 0.6 is 23.2 Å². The first-order valence-electron chi connectivity index (χ1n) is 4.73. The van der Waals surface area contributed by atoms with E-state index in [0.717, 1.165) is 19.3 Å². The van der Waals surface area contributed by atoms with Crippen molar-refractivity contribution >= 4 is 29.1 Å². The number of hydrogen-bond acceptors (Lipinski definition) is 1. The Hall–Kier alpha value is 0.0500. The van der Waals surface area contributed by atoms with E-state index >= 15 is 0 Å². The van der Waals surface area contributed by atoms with Gasteiger partial charge in [-0.05, 0) is 12.8 Å². The van der Waals surface area contributed by atoms with E-state index in [2.05, 4.69) is 5.32 Å². The highest BCUT2D eigenvalue weighted by molar-refractivity contribution is 6.21. The Morgan fingerprint density at radius 1 is 1.38 bits per heavy atom. The number of hydrogen-bond donors (Lipinski definition) is 1. The van der Waals surface area contributed by atoms with Crippen molar-refractivity contribution in [1.29, 1.82) is 0 Å². The fraction of sp³-hybridized carbons (Fsp3) is 0.889. The van der Waals surface area contributed by atoms with Crippen molar-refractivity contribution in [2.24, 2.45) is 0 Å². The van der Waals surface area contributed by atoms with Crippen LogP contribution in [0.3, 0.4) is 0 Å². The molecule has 2 atom stereocenters. The smallest absolute Gasteiger partial charge is 0.221 e. The second-order valence-electron chi connectivity index (χ2n) is 3.41. The fourth-order valence-electron chi connectivity index (χ4n) is 1.61. The Balaban J connectivity index is 2.29. The molecular weight excluding hydrogens is 209 g/mol. The third-order valence-corrected chi connectivity index (χ3v) is 3.06. The molecule has 1 fully saturated rings. The number of amides is 1. The maximum Gasteiger partial charge on any atom is 0.221 e. The number of halogens is 2. The first kappa shape index (κ1) is 11.1. The quantitative estimate of drug-likeness (QED) is 0.732. The maximum absolute atomic E-state index is 11.2. The molecule has 1 amide bonds. The van der Waals surface area contributed by atoms with Gasteiger partial charge in [-0.1, -0.05) is 12.8 Å². The Kier molecular flexibility index (Phi) is 4.89. The summed E-state index contributed by atoms with van der Waals surface area (Å²) >= 11 is 11.5. The molecule has 0 unspecified atom stereocenters. The molecule has 1 aliphatic carbocycles. The van der Waals surface area contributed by atoms with Crippen molar-refractivity contribution in [3.63, 3.8) is 0 Å². The summed E-state index contributed by atoms with van der Waals surface area (Å²) in [6.07, 6.45) is 4.74. The Morgan fingerprint density at radius 2 is 2.08 bits per heavy atom. The molecule has 0 bridgehead atoms. The van der Waals surface area contributed by atoms with Crippen LogP contribution in [0.25, 0.3) is 0 Å². The fourth-order valence-corrected chi connectivity index (χ4v) is 2.13. The van der Waals surface area contributed by atoms with Crippen LogP contribution in [0.5, 0.6) is 0 Å². The number of alkyl halides is 2. The SMILES string of the molecule is O=C(CCCl)N[C@H]1CCCC[C@@H]1Cl. The van der Waals surface area contributed by atoms with Gasteiger partial charge in [0.1, 0.15) is 0 Å². The Morgan fingerprint density at radius 3 is 2.69 bits per heavy atom. The van der Waals surface area contributed by atoms with Gasteiger partial charge in [0.05, 0.1) is 5.38 Å². The predicted octanol–water partition coefficient (Wildman–Crippen LogP) is 2.28. The van der Waals surface area contributed by atoms with Crippen molar-refractivity contribution in [3.05, 3.63) is 0 Å². The monoisotopic (exact) mass is 223 g/mol. The molecule has 0 aromatic carbocycles. The van der Waals surface area contributed by atoms with Gasteiger partial charge in [0, 0.05) is 18.3 Å². The molecule has 1 rings (SSSR count). The van der Waals surface area contributed by atoms with Crippen LogP contribution in [-0.4, -0.2) is 23.2 Å². The highest BCUT2D eigenvalue weighted by Gasteiger charge is 2.23. The number of carbonyl (C=O) groups excluding carboxylic acids is 1. The minimum Gasteiger partial charge on any atom is -0.352 e. The van der Waals surface area contributed by atoms with Crippen LogP contribution < -0.4 is 5.32 Å². The lowest BCUT2D eigenvalue weighted by Gasteiger charge is -2.27. The minimum absolute atomic E-state index is 0.0209. The van der Waals surface area contributed by atoms with E-state index in [-0.39, 0.29) is 17.3 Å². The third-order valence-electron chi connectivity index (χ3n) is 2.35. The van der Waals surface area contributed by atoms with Gasteiger partial charge in [-0.2, -0.15) is 0 Å². The summed E-state index contributed by atoms with van der Waals surface area (Å²) in [4.78, 5) is 11.2. The van der Waals surface area contributed by atoms with E-state index in [1.165, 1.54) is 6.42 Å². The summed E-state index contributed by atoms with van der Waals surface area (Å²) in [7, 11) is 0. The zero-order valence-corrected chi connectivity index (χ0v) is 9.07. The lowest BCUT2D eigenvalue weighted by molar-refractivity contribution is -0.121. The van der Waals surface area contributed by atoms with Crippen molar-refractivity contribution in [1.82, 2.24) is 5.32 Å². The molecule has 4 heteroatoms. The molecular formula is C9H15Cl2NO. The second-order valence-corrected chi connectivity index (χ2v) is 4.35. The normalized spacial score (nSPS) is 28.5. The van der Waals surface area contributed by atoms with E-state index in [4.69, 9.17) is 23.2 Å².